The topological polar surface area (TPSA) is 113 Å². The third-order valence-corrected chi connectivity index (χ3v) is 5.15. The largest absolute Gasteiger partial charge is 0.477 e. The molecule has 0 unspecified atom stereocenters. The maximum Gasteiger partial charge on any atom is 0.417 e. The number of hydrogen-bond donors (Lipinski definition) is 1. The fourth-order valence-electron chi connectivity index (χ4n) is 2.73. The molecule has 0 bridgehead atoms. The van der Waals surface area contributed by atoms with Gasteiger partial charge in [0.15, 0.2) is 6.04 Å². The minimum atomic E-state index is -1.22. The molecule has 3 amide bonds. The predicted molar refractivity (Wildman–Crippen MR) is 92.2 cm³/mol. The zero-order valence-corrected chi connectivity index (χ0v) is 16.1. The fraction of sp³-hybridized carbons (Fsp3) is 0.625. The number of thioether (sulfide) groups is 1. The Labute approximate surface area is 155 Å². The second-order valence-corrected chi connectivity index (χ2v) is 8.07. The Kier molecular flexibility index (Phi) is 5.67. The summed E-state index contributed by atoms with van der Waals surface area (Å²) in [6.45, 7) is 6.16. The Balaban J connectivity index is 2.33. The van der Waals surface area contributed by atoms with E-state index in [1.807, 2.05) is 0 Å². The number of carboxylic acid groups (broad SMARTS) is 1. The average Bonchev–Trinajstić information content (AvgIpc) is 2.50. The van der Waals surface area contributed by atoms with Gasteiger partial charge in [-0.3, -0.25) is 14.5 Å². The number of β-lactam (4-membered cyclic amide) rings is 1. The number of aliphatic carboxylic acids is 1. The van der Waals surface area contributed by atoms with Crippen molar-refractivity contribution >= 4 is 35.6 Å². The molecule has 0 radical (unpaired) electrons. The lowest BCUT2D eigenvalue weighted by Gasteiger charge is -2.51. The molecule has 0 aromatic carbocycles. The maximum atomic E-state index is 12.6. The number of fused-ring (bicyclic) bond motifs is 1. The Morgan fingerprint density at radius 2 is 1.96 bits per heavy atom. The maximum absolute atomic E-state index is 12.6. The first-order valence-corrected chi connectivity index (χ1v) is 8.96. The van der Waals surface area contributed by atoms with Crippen molar-refractivity contribution in [1.29, 1.82) is 0 Å². The molecule has 2 rings (SSSR count). The minimum Gasteiger partial charge on any atom is -0.477 e. The molecule has 26 heavy (non-hydrogen) atoms. The van der Waals surface area contributed by atoms with Gasteiger partial charge < -0.3 is 14.6 Å². The number of rotatable bonds is 4. The van der Waals surface area contributed by atoms with E-state index >= 15 is 0 Å². The summed E-state index contributed by atoms with van der Waals surface area (Å²) in [5.74, 6) is -2.18. The molecular formula is C16H22N2O7S. The van der Waals surface area contributed by atoms with Crippen LogP contribution in [-0.2, 0) is 23.9 Å². The Morgan fingerprint density at radius 3 is 2.46 bits per heavy atom. The van der Waals surface area contributed by atoms with E-state index in [9.17, 15) is 24.3 Å². The molecule has 144 valence electrons. The van der Waals surface area contributed by atoms with Crippen LogP contribution in [0.4, 0.5) is 4.79 Å². The van der Waals surface area contributed by atoms with Gasteiger partial charge >= 0.3 is 12.1 Å². The molecule has 2 aliphatic rings. The Hall–Kier alpha value is -2.07. The van der Waals surface area contributed by atoms with Crippen LogP contribution in [0.5, 0.6) is 0 Å². The number of hydrogen-bond acceptors (Lipinski definition) is 7. The van der Waals surface area contributed by atoms with Gasteiger partial charge in [-0.05, 0) is 33.3 Å². The Bertz CT molecular complexity index is 683. The van der Waals surface area contributed by atoms with Crippen LogP contribution >= 0.6 is 11.8 Å². The summed E-state index contributed by atoms with van der Waals surface area (Å²) in [7, 11) is 1.30. The van der Waals surface area contributed by atoms with E-state index in [1.54, 1.807) is 27.7 Å². The van der Waals surface area contributed by atoms with Crippen LogP contribution in [0, 0.1) is 0 Å². The second-order valence-electron chi connectivity index (χ2n) is 6.97. The highest BCUT2D eigenvalue weighted by Gasteiger charge is 2.58. The van der Waals surface area contributed by atoms with Gasteiger partial charge in [0.05, 0.1) is 0 Å². The SMILES string of the molecule is COCC(=O)N(C(=O)OC(C)(C)C)[C@@H]1C(=O)N2C(C(=O)O)=C(C)CS[C@@H]12. The number of nitrogens with zero attached hydrogens (tertiary/aromatic N) is 2. The summed E-state index contributed by atoms with van der Waals surface area (Å²) in [6, 6.07) is -1.13. The molecular weight excluding hydrogens is 364 g/mol. The zero-order chi connectivity index (χ0) is 19.8. The van der Waals surface area contributed by atoms with Gasteiger partial charge in [0.1, 0.15) is 23.3 Å². The monoisotopic (exact) mass is 386 g/mol. The highest BCUT2D eigenvalue weighted by molar-refractivity contribution is 8.00. The third kappa shape index (κ3) is 3.70. The van der Waals surface area contributed by atoms with Gasteiger partial charge in [0, 0.05) is 12.9 Å². The summed E-state index contributed by atoms with van der Waals surface area (Å²) in [4.78, 5) is 50.9. The highest BCUT2D eigenvalue weighted by Crippen LogP contribution is 2.42. The molecule has 1 fully saturated rings. The van der Waals surface area contributed by atoms with Gasteiger partial charge in [0.2, 0.25) is 0 Å². The van der Waals surface area contributed by atoms with Crippen molar-refractivity contribution in [3.05, 3.63) is 11.3 Å². The van der Waals surface area contributed by atoms with Crippen molar-refractivity contribution < 1.29 is 33.8 Å². The number of carbonyl (C=O) groups is 4. The molecule has 0 saturated carbocycles. The molecule has 2 heterocycles. The van der Waals surface area contributed by atoms with Crippen molar-refractivity contribution in [2.75, 3.05) is 19.5 Å². The highest BCUT2D eigenvalue weighted by atomic mass is 32.2. The lowest BCUT2D eigenvalue weighted by molar-refractivity contribution is -0.160. The smallest absolute Gasteiger partial charge is 0.417 e. The van der Waals surface area contributed by atoms with Crippen molar-refractivity contribution in [1.82, 2.24) is 9.80 Å². The summed E-state index contributed by atoms with van der Waals surface area (Å²) in [6.07, 6.45) is -0.957. The first-order valence-electron chi connectivity index (χ1n) is 7.91. The van der Waals surface area contributed by atoms with Crippen molar-refractivity contribution in [2.24, 2.45) is 0 Å². The van der Waals surface area contributed by atoms with E-state index in [-0.39, 0.29) is 5.70 Å². The summed E-state index contributed by atoms with van der Waals surface area (Å²) < 4.78 is 10.0. The van der Waals surface area contributed by atoms with Gasteiger partial charge in [-0.2, -0.15) is 0 Å². The van der Waals surface area contributed by atoms with Gasteiger partial charge in [0.25, 0.3) is 11.8 Å². The number of carbonyl (C=O) groups excluding carboxylic acids is 3. The van der Waals surface area contributed by atoms with E-state index in [2.05, 4.69) is 0 Å². The first-order chi connectivity index (χ1) is 12.0. The normalized spacial score (nSPS) is 22.5. The van der Waals surface area contributed by atoms with E-state index in [4.69, 9.17) is 9.47 Å². The molecule has 2 aliphatic heterocycles. The van der Waals surface area contributed by atoms with Crippen LogP contribution in [0.1, 0.15) is 27.7 Å². The van der Waals surface area contributed by atoms with Crippen LogP contribution in [-0.4, -0.2) is 75.3 Å². The molecule has 1 N–H and O–H groups in total. The molecule has 9 nitrogen and oxygen atoms in total. The van der Waals surface area contributed by atoms with E-state index < -0.39 is 47.5 Å². The van der Waals surface area contributed by atoms with E-state index in [0.717, 1.165) is 9.80 Å². The molecule has 0 spiro atoms. The minimum absolute atomic E-state index is 0.0988. The van der Waals surface area contributed by atoms with Gasteiger partial charge in [-0.25, -0.2) is 14.5 Å². The van der Waals surface area contributed by atoms with E-state index in [0.29, 0.717) is 11.3 Å². The number of amides is 3. The number of carboxylic acids is 1. The molecule has 0 aliphatic carbocycles. The standard InChI is InChI=1S/C16H22N2O7S/c1-8-7-26-13-11(12(20)18(13)10(8)14(21)22)17(9(19)6-24-5)15(23)25-16(2,3)4/h11,13H,6-7H2,1-5H3,(H,21,22)/t11-,13+/m1/s1. The van der Waals surface area contributed by atoms with Crippen LogP contribution in [0.2, 0.25) is 0 Å². The second kappa shape index (κ2) is 7.28. The van der Waals surface area contributed by atoms with Crippen molar-refractivity contribution in [3.8, 4) is 0 Å². The van der Waals surface area contributed by atoms with Crippen molar-refractivity contribution in [3.63, 3.8) is 0 Å². The number of methoxy groups -OCH3 is 1. The summed E-state index contributed by atoms with van der Waals surface area (Å²) in [5.41, 5.74) is -0.409. The molecule has 10 heteroatoms. The summed E-state index contributed by atoms with van der Waals surface area (Å²) in [5, 5.41) is 8.71. The third-order valence-electron chi connectivity index (χ3n) is 3.74. The van der Waals surface area contributed by atoms with Gasteiger partial charge in [-0.1, -0.05) is 0 Å². The molecule has 2 atom stereocenters. The lowest BCUT2D eigenvalue weighted by Crippen LogP contribution is -2.72. The van der Waals surface area contributed by atoms with Crippen LogP contribution < -0.4 is 0 Å². The summed E-state index contributed by atoms with van der Waals surface area (Å²) >= 11 is 1.29. The predicted octanol–water partition coefficient (Wildman–Crippen LogP) is 1.04. The van der Waals surface area contributed by atoms with E-state index in [1.165, 1.54) is 18.9 Å². The molecule has 1 saturated heterocycles. The van der Waals surface area contributed by atoms with Crippen LogP contribution in [0.15, 0.2) is 11.3 Å². The van der Waals surface area contributed by atoms with Crippen LogP contribution in [0.25, 0.3) is 0 Å². The number of imide groups is 1. The van der Waals surface area contributed by atoms with Crippen molar-refractivity contribution in [2.45, 2.75) is 44.7 Å². The quantitative estimate of drug-likeness (QED) is 0.713. The first kappa shape index (κ1) is 20.2. The van der Waals surface area contributed by atoms with Gasteiger partial charge in [-0.15, -0.1) is 11.8 Å². The van der Waals surface area contributed by atoms with Crippen LogP contribution in [0.3, 0.4) is 0 Å². The Morgan fingerprint density at radius 1 is 1.35 bits per heavy atom. The fourth-order valence-corrected chi connectivity index (χ4v) is 4.07. The average molecular weight is 386 g/mol. The number of ether oxygens (including phenoxy) is 2. The molecule has 0 aromatic heterocycles. The molecule has 0 aromatic rings. The lowest BCUT2D eigenvalue weighted by atomic mass is 10.0. The zero-order valence-electron chi connectivity index (χ0n) is 15.3.